The second-order valence-corrected chi connectivity index (χ2v) is 5.12. The van der Waals surface area contributed by atoms with E-state index in [1.165, 1.54) is 5.56 Å². The highest BCUT2D eigenvalue weighted by Crippen LogP contribution is 2.25. The summed E-state index contributed by atoms with van der Waals surface area (Å²) in [6, 6.07) is 9.74. The standard InChI is InChI=1S/C17H17NO2/c1-4-12-6-8-16(20-12)17(19)14-10-18(3)15-9-11(2)5-7-13(14)15/h5-10H,4H2,1-3H3. The van der Waals surface area contributed by atoms with Crippen LogP contribution < -0.4 is 0 Å². The molecule has 0 unspecified atom stereocenters. The Morgan fingerprint density at radius 3 is 2.75 bits per heavy atom. The fourth-order valence-corrected chi connectivity index (χ4v) is 2.50. The Morgan fingerprint density at radius 2 is 2.05 bits per heavy atom. The summed E-state index contributed by atoms with van der Waals surface area (Å²) in [5, 5.41) is 0.970. The lowest BCUT2D eigenvalue weighted by Crippen LogP contribution is -1.98. The van der Waals surface area contributed by atoms with Crippen LogP contribution in [0.1, 0.15) is 34.4 Å². The molecule has 2 heterocycles. The van der Waals surface area contributed by atoms with Crippen molar-refractivity contribution in [3.63, 3.8) is 0 Å². The number of carbonyl (C=O) groups is 1. The van der Waals surface area contributed by atoms with E-state index in [4.69, 9.17) is 4.42 Å². The zero-order chi connectivity index (χ0) is 14.3. The first-order valence-corrected chi connectivity index (χ1v) is 6.79. The predicted molar refractivity (Wildman–Crippen MR) is 79.2 cm³/mol. The topological polar surface area (TPSA) is 35.1 Å². The van der Waals surface area contributed by atoms with E-state index in [1.54, 1.807) is 6.07 Å². The molecule has 3 nitrogen and oxygen atoms in total. The fraction of sp³-hybridized carbons (Fsp3) is 0.235. The molecule has 0 aliphatic rings. The average Bonchev–Trinajstić information content (AvgIpc) is 3.03. The minimum absolute atomic E-state index is 0.0563. The lowest BCUT2D eigenvalue weighted by atomic mass is 10.1. The van der Waals surface area contributed by atoms with Gasteiger partial charge in [0, 0.05) is 30.6 Å². The first kappa shape index (κ1) is 12.7. The molecule has 0 N–H and O–H groups in total. The van der Waals surface area contributed by atoms with Crippen molar-refractivity contribution in [2.24, 2.45) is 7.05 Å². The van der Waals surface area contributed by atoms with Gasteiger partial charge in [-0.25, -0.2) is 0 Å². The maximum atomic E-state index is 12.6. The molecule has 0 spiro atoms. The normalized spacial score (nSPS) is 11.2. The van der Waals surface area contributed by atoms with Crippen LogP contribution in [-0.2, 0) is 13.5 Å². The summed E-state index contributed by atoms with van der Waals surface area (Å²) in [5.74, 6) is 1.19. The molecule has 1 aromatic carbocycles. The minimum atomic E-state index is -0.0563. The van der Waals surface area contributed by atoms with E-state index in [-0.39, 0.29) is 5.78 Å². The fourth-order valence-electron chi connectivity index (χ4n) is 2.50. The van der Waals surface area contributed by atoms with Gasteiger partial charge in [0.25, 0.3) is 0 Å². The number of ketones is 1. The van der Waals surface area contributed by atoms with Crippen LogP contribution in [0.3, 0.4) is 0 Å². The Balaban J connectivity index is 2.12. The first-order valence-electron chi connectivity index (χ1n) is 6.79. The van der Waals surface area contributed by atoms with Crippen molar-refractivity contribution in [3.8, 4) is 0 Å². The highest BCUT2D eigenvalue weighted by molar-refractivity contribution is 6.15. The molecule has 3 aromatic rings. The van der Waals surface area contributed by atoms with E-state index in [1.807, 2.05) is 49.9 Å². The molecule has 0 atom stereocenters. The van der Waals surface area contributed by atoms with Gasteiger partial charge in [-0.15, -0.1) is 0 Å². The lowest BCUT2D eigenvalue weighted by molar-refractivity contribution is 0.101. The Morgan fingerprint density at radius 1 is 1.25 bits per heavy atom. The smallest absolute Gasteiger partial charge is 0.230 e. The van der Waals surface area contributed by atoms with Gasteiger partial charge in [0.2, 0.25) is 5.78 Å². The number of hydrogen-bond donors (Lipinski definition) is 0. The highest BCUT2D eigenvalue weighted by Gasteiger charge is 2.18. The molecule has 0 aliphatic heterocycles. The van der Waals surface area contributed by atoms with Crippen molar-refractivity contribution >= 4 is 16.7 Å². The van der Waals surface area contributed by atoms with Gasteiger partial charge in [-0.3, -0.25) is 4.79 Å². The van der Waals surface area contributed by atoms with Gasteiger partial charge in [0.05, 0.1) is 5.56 Å². The second-order valence-electron chi connectivity index (χ2n) is 5.12. The van der Waals surface area contributed by atoms with Crippen LogP contribution in [0.2, 0.25) is 0 Å². The number of rotatable bonds is 3. The summed E-state index contributed by atoms with van der Waals surface area (Å²) in [5.41, 5.74) is 2.94. The summed E-state index contributed by atoms with van der Waals surface area (Å²) in [7, 11) is 1.96. The van der Waals surface area contributed by atoms with E-state index in [0.29, 0.717) is 11.3 Å². The number of carbonyl (C=O) groups excluding carboxylic acids is 1. The molecule has 0 aliphatic carbocycles. The van der Waals surface area contributed by atoms with Crippen molar-refractivity contribution in [2.75, 3.05) is 0 Å². The van der Waals surface area contributed by atoms with Crippen LogP contribution in [0.4, 0.5) is 0 Å². The Labute approximate surface area is 117 Å². The molecule has 0 bridgehead atoms. The summed E-state index contributed by atoms with van der Waals surface area (Å²) in [4.78, 5) is 12.6. The number of hydrogen-bond acceptors (Lipinski definition) is 2. The SMILES string of the molecule is CCc1ccc(C(=O)c2cn(C)c3cc(C)ccc23)o1. The second kappa shape index (κ2) is 4.67. The van der Waals surface area contributed by atoms with Crippen LogP contribution in [0.15, 0.2) is 40.9 Å². The van der Waals surface area contributed by atoms with Crippen molar-refractivity contribution in [2.45, 2.75) is 20.3 Å². The van der Waals surface area contributed by atoms with Crippen LogP contribution in [0.25, 0.3) is 10.9 Å². The number of nitrogens with zero attached hydrogens (tertiary/aromatic N) is 1. The largest absolute Gasteiger partial charge is 0.458 e. The van der Waals surface area contributed by atoms with Gasteiger partial charge in [0.1, 0.15) is 5.76 Å². The summed E-state index contributed by atoms with van der Waals surface area (Å²) in [6.45, 7) is 4.06. The molecule has 0 saturated heterocycles. The minimum Gasteiger partial charge on any atom is -0.458 e. The number of aryl methyl sites for hydroxylation is 3. The third-order valence-electron chi connectivity index (χ3n) is 3.62. The molecule has 3 rings (SSSR count). The van der Waals surface area contributed by atoms with Crippen LogP contribution in [-0.4, -0.2) is 10.4 Å². The quantitative estimate of drug-likeness (QED) is 0.675. The molecule has 0 radical (unpaired) electrons. The Kier molecular flexibility index (Phi) is 2.97. The van der Waals surface area contributed by atoms with Crippen molar-refractivity contribution in [1.82, 2.24) is 4.57 Å². The maximum Gasteiger partial charge on any atom is 0.230 e. The zero-order valence-electron chi connectivity index (χ0n) is 11.9. The molecule has 0 amide bonds. The number of furan rings is 1. The first-order chi connectivity index (χ1) is 9.60. The number of aromatic nitrogens is 1. The van der Waals surface area contributed by atoms with Crippen LogP contribution in [0, 0.1) is 6.92 Å². The third kappa shape index (κ3) is 1.95. The third-order valence-corrected chi connectivity index (χ3v) is 3.62. The molecule has 0 fully saturated rings. The van der Waals surface area contributed by atoms with Gasteiger partial charge in [-0.05, 0) is 30.7 Å². The van der Waals surface area contributed by atoms with E-state index in [9.17, 15) is 4.79 Å². The summed E-state index contributed by atoms with van der Waals surface area (Å²) in [6.07, 6.45) is 2.67. The number of fused-ring (bicyclic) bond motifs is 1. The van der Waals surface area contributed by atoms with Crippen LogP contribution in [0.5, 0.6) is 0 Å². The molecule has 20 heavy (non-hydrogen) atoms. The van der Waals surface area contributed by atoms with Crippen molar-refractivity contribution < 1.29 is 9.21 Å². The average molecular weight is 267 g/mol. The van der Waals surface area contributed by atoms with Gasteiger partial charge in [-0.2, -0.15) is 0 Å². The summed E-state index contributed by atoms with van der Waals surface area (Å²) >= 11 is 0. The summed E-state index contributed by atoms with van der Waals surface area (Å²) < 4.78 is 7.56. The molecular weight excluding hydrogens is 250 g/mol. The number of benzene rings is 1. The predicted octanol–water partition coefficient (Wildman–Crippen LogP) is 3.87. The molecule has 0 saturated carbocycles. The van der Waals surface area contributed by atoms with E-state index >= 15 is 0 Å². The van der Waals surface area contributed by atoms with E-state index in [0.717, 1.165) is 23.1 Å². The Hall–Kier alpha value is -2.29. The van der Waals surface area contributed by atoms with Gasteiger partial charge in [-0.1, -0.05) is 19.1 Å². The lowest BCUT2D eigenvalue weighted by Gasteiger charge is -1.98. The van der Waals surface area contributed by atoms with Gasteiger partial charge < -0.3 is 8.98 Å². The maximum absolute atomic E-state index is 12.6. The molecule has 102 valence electrons. The van der Waals surface area contributed by atoms with E-state index < -0.39 is 0 Å². The van der Waals surface area contributed by atoms with Gasteiger partial charge in [0.15, 0.2) is 5.76 Å². The molecule has 2 aromatic heterocycles. The van der Waals surface area contributed by atoms with Gasteiger partial charge >= 0.3 is 0 Å². The monoisotopic (exact) mass is 267 g/mol. The van der Waals surface area contributed by atoms with Crippen molar-refractivity contribution in [1.29, 1.82) is 0 Å². The van der Waals surface area contributed by atoms with Crippen molar-refractivity contribution in [3.05, 3.63) is 59.2 Å². The zero-order valence-corrected chi connectivity index (χ0v) is 11.9. The molecular formula is C17H17NO2. The van der Waals surface area contributed by atoms with Crippen LogP contribution >= 0.6 is 0 Å². The van der Waals surface area contributed by atoms with E-state index in [2.05, 4.69) is 6.07 Å². The Bertz CT molecular complexity index is 793. The molecule has 3 heteroatoms. The highest BCUT2D eigenvalue weighted by atomic mass is 16.3.